The number of aliphatic hydroxyl groups is 1. The average molecular weight is 285 g/mol. The zero-order chi connectivity index (χ0) is 14.8. The Balaban J connectivity index is 2.35. The van der Waals surface area contributed by atoms with E-state index in [9.17, 15) is 4.79 Å². The van der Waals surface area contributed by atoms with E-state index in [2.05, 4.69) is 4.99 Å². The molecular weight excluding hydrogens is 266 g/mol. The van der Waals surface area contributed by atoms with Crippen molar-refractivity contribution >= 4 is 12.2 Å². The highest BCUT2D eigenvalue weighted by atomic mass is 16.6. The van der Waals surface area contributed by atoms with E-state index >= 15 is 0 Å². The van der Waals surface area contributed by atoms with E-state index in [4.69, 9.17) is 23.7 Å². The minimum atomic E-state index is -0.652. The minimum Gasteiger partial charge on any atom is -0.424 e. The van der Waals surface area contributed by atoms with Crippen LogP contribution in [0.3, 0.4) is 0 Å². The number of hydrogen-bond acceptors (Lipinski definition) is 7. The van der Waals surface area contributed by atoms with E-state index in [0.717, 1.165) is 0 Å². The Bertz CT molecular complexity index is 428. The van der Waals surface area contributed by atoms with E-state index in [1.165, 1.54) is 19.4 Å². The molecule has 112 valence electrons. The van der Waals surface area contributed by atoms with Gasteiger partial charge in [-0.25, -0.2) is 4.79 Å². The molecule has 0 aromatic carbocycles. The molecule has 0 radical (unpaired) electrons. The van der Waals surface area contributed by atoms with E-state index in [1.807, 2.05) is 0 Å². The highest BCUT2D eigenvalue weighted by molar-refractivity contribution is 5.78. The summed E-state index contributed by atoms with van der Waals surface area (Å²) < 4.78 is 20.1. The van der Waals surface area contributed by atoms with Gasteiger partial charge < -0.3 is 23.7 Å². The summed E-state index contributed by atoms with van der Waals surface area (Å²) in [6, 6.07) is 3.17. The van der Waals surface area contributed by atoms with Crippen LogP contribution in [0.1, 0.15) is 12.7 Å². The van der Waals surface area contributed by atoms with Crippen LogP contribution in [-0.2, 0) is 14.3 Å². The summed E-state index contributed by atoms with van der Waals surface area (Å²) >= 11 is 0. The maximum Gasteiger partial charge on any atom is 0.342 e. The van der Waals surface area contributed by atoms with Gasteiger partial charge in [0.25, 0.3) is 5.95 Å². The van der Waals surface area contributed by atoms with Crippen molar-refractivity contribution in [3.05, 3.63) is 17.9 Å². The third-order valence-corrected chi connectivity index (χ3v) is 2.31. The summed E-state index contributed by atoms with van der Waals surface area (Å²) in [5.74, 6) is 0.0413. The maximum atomic E-state index is 11.4. The molecule has 0 aliphatic rings. The van der Waals surface area contributed by atoms with Crippen LogP contribution in [0.5, 0.6) is 5.95 Å². The minimum absolute atomic E-state index is 0.00345. The molecule has 0 saturated heterocycles. The maximum absolute atomic E-state index is 11.4. The third-order valence-electron chi connectivity index (χ3n) is 2.31. The molecule has 1 aromatic heterocycles. The van der Waals surface area contributed by atoms with Gasteiger partial charge in [0.05, 0.1) is 32.6 Å². The lowest BCUT2D eigenvalue weighted by Gasteiger charge is -2.06. The van der Waals surface area contributed by atoms with Gasteiger partial charge in [0.2, 0.25) is 0 Å². The van der Waals surface area contributed by atoms with Crippen molar-refractivity contribution in [1.82, 2.24) is 0 Å². The average Bonchev–Trinajstić information content (AvgIpc) is 2.89. The van der Waals surface area contributed by atoms with Crippen molar-refractivity contribution in [2.45, 2.75) is 13.0 Å². The van der Waals surface area contributed by atoms with Crippen LogP contribution in [0.25, 0.3) is 0 Å². The monoisotopic (exact) mass is 285 g/mol. The molecule has 7 heteroatoms. The zero-order valence-electron chi connectivity index (χ0n) is 11.6. The fraction of sp³-hybridized carbons (Fsp3) is 0.538. The number of methoxy groups -OCH3 is 1. The van der Waals surface area contributed by atoms with Crippen LogP contribution >= 0.6 is 0 Å². The predicted molar refractivity (Wildman–Crippen MR) is 71.2 cm³/mol. The number of carbonyl (C=O) groups excluding carboxylic acids is 1. The van der Waals surface area contributed by atoms with E-state index < -0.39 is 12.1 Å². The summed E-state index contributed by atoms with van der Waals surface area (Å²) in [4.78, 5) is 15.5. The molecule has 0 aliphatic heterocycles. The van der Waals surface area contributed by atoms with Crippen LogP contribution in [0.15, 0.2) is 21.5 Å². The van der Waals surface area contributed by atoms with Gasteiger partial charge in [0.15, 0.2) is 6.10 Å². The molecule has 0 amide bonds. The Morgan fingerprint density at radius 1 is 1.50 bits per heavy atom. The van der Waals surface area contributed by atoms with Crippen molar-refractivity contribution in [1.29, 1.82) is 0 Å². The fourth-order valence-corrected chi connectivity index (χ4v) is 1.18. The zero-order valence-corrected chi connectivity index (χ0v) is 11.6. The number of hydrogen-bond donors (Lipinski definition) is 1. The largest absolute Gasteiger partial charge is 0.424 e. The second-order valence-corrected chi connectivity index (χ2v) is 3.83. The van der Waals surface area contributed by atoms with Gasteiger partial charge in [-0.1, -0.05) is 0 Å². The molecule has 1 atom stereocenters. The third kappa shape index (κ3) is 5.96. The summed E-state index contributed by atoms with van der Waals surface area (Å²) in [7, 11) is 1.42. The number of esters is 1. The second kappa shape index (κ2) is 9.24. The summed E-state index contributed by atoms with van der Waals surface area (Å²) in [5.41, 5.74) is 0. The van der Waals surface area contributed by atoms with Crippen molar-refractivity contribution in [3.63, 3.8) is 0 Å². The first-order chi connectivity index (χ1) is 9.67. The van der Waals surface area contributed by atoms with Crippen LogP contribution < -0.4 is 4.74 Å². The molecule has 1 heterocycles. The molecular formula is C13H19NO6. The molecule has 0 bridgehead atoms. The SMILES string of the molecule is CO[C@@H](C)C(=O)Oc1ccc(/C=N/CCOCCO)o1. The lowest BCUT2D eigenvalue weighted by molar-refractivity contribution is -0.145. The molecule has 7 nitrogen and oxygen atoms in total. The summed E-state index contributed by atoms with van der Waals surface area (Å²) in [6.07, 6.45) is 0.861. The first-order valence-electron chi connectivity index (χ1n) is 6.20. The van der Waals surface area contributed by atoms with E-state index in [-0.39, 0.29) is 12.6 Å². The molecule has 0 aliphatic carbocycles. The van der Waals surface area contributed by atoms with Gasteiger partial charge in [0.1, 0.15) is 5.76 Å². The smallest absolute Gasteiger partial charge is 0.342 e. The summed E-state index contributed by atoms with van der Waals surface area (Å²) in [6.45, 7) is 2.76. The van der Waals surface area contributed by atoms with Gasteiger partial charge in [-0.05, 0) is 13.0 Å². The normalized spacial score (nSPS) is 12.8. The first kappa shape index (κ1) is 16.4. The topological polar surface area (TPSA) is 90.5 Å². The fourth-order valence-electron chi connectivity index (χ4n) is 1.18. The quantitative estimate of drug-likeness (QED) is 0.407. The van der Waals surface area contributed by atoms with Gasteiger partial charge >= 0.3 is 5.97 Å². The van der Waals surface area contributed by atoms with Gasteiger partial charge in [-0.3, -0.25) is 4.99 Å². The molecule has 1 aromatic rings. The van der Waals surface area contributed by atoms with Crippen molar-refractivity contribution in [3.8, 4) is 5.95 Å². The van der Waals surface area contributed by atoms with Gasteiger partial charge in [0, 0.05) is 13.2 Å². The predicted octanol–water partition coefficient (Wildman–Crippen LogP) is 0.648. The number of carbonyl (C=O) groups is 1. The number of aliphatic hydroxyl groups excluding tert-OH is 1. The van der Waals surface area contributed by atoms with Crippen LogP contribution in [0.4, 0.5) is 0 Å². The highest BCUT2D eigenvalue weighted by Gasteiger charge is 2.15. The molecule has 20 heavy (non-hydrogen) atoms. The highest BCUT2D eigenvalue weighted by Crippen LogP contribution is 2.15. The molecule has 0 unspecified atom stereocenters. The number of furan rings is 1. The Kier molecular flexibility index (Phi) is 7.56. The Morgan fingerprint density at radius 2 is 2.30 bits per heavy atom. The molecule has 1 N–H and O–H groups in total. The van der Waals surface area contributed by atoms with Crippen molar-refractivity contribution in [2.24, 2.45) is 4.99 Å². The molecule has 1 rings (SSSR count). The van der Waals surface area contributed by atoms with Crippen molar-refractivity contribution < 1.29 is 28.5 Å². The summed E-state index contributed by atoms with van der Waals surface area (Å²) in [5, 5.41) is 8.50. The van der Waals surface area contributed by atoms with E-state index in [0.29, 0.717) is 25.5 Å². The number of nitrogens with zero attached hydrogens (tertiary/aromatic N) is 1. The Morgan fingerprint density at radius 3 is 3.00 bits per heavy atom. The number of aliphatic imine (C=N–C) groups is 1. The van der Waals surface area contributed by atoms with Gasteiger partial charge in [-0.15, -0.1) is 0 Å². The van der Waals surface area contributed by atoms with Gasteiger partial charge in [-0.2, -0.15) is 0 Å². The van der Waals surface area contributed by atoms with Crippen molar-refractivity contribution in [2.75, 3.05) is 33.5 Å². The van der Waals surface area contributed by atoms with Crippen LogP contribution in [0, 0.1) is 0 Å². The van der Waals surface area contributed by atoms with E-state index in [1.54, 1.807) is 13.0 Å². The number of rotatable bonds is 9. The molecule has 0 spiro atoms. The lowest BCUT2D eigenvalue weighted by atomic mass is 10.4. The number of ether oxygens (including phenoxy) is 3. The second-order valence-electron chi connectivity index (χ2n) is 3.83. The lowest BCUT2D eigenvalue weighted by Crippen LogP contribution is -2.24. The first-order valence-corrected chi connectivity index (χ1v) is 6.20. The molecule has 0 fully saturated rings. The molecule has 0 saturated carbocycles. The van der Waals surface area contributed by atoms with Crippen LogP contribution in [-0.4, -0.2) is 56.9 Å². The van der Waals surface area contributed by atoms with Crippen LogP contribution in [0.2, 0.25) is 0 Å². The Hall–Kier alpha value is -1.70. The standard InChI is InChI=1S/C13H19NO6/c1-10(17-2)13(16)20-12-4-3-11(19-12)9-14-5-7-18-8-6-15/h3-4,9-10,15H,5-8H2,1-2H3/b14-9+/t10-/m0/s1. The Labute approximate surface area is 117 Å².